The molecule has 0 aliphatic carbocycles. The van der Waals surface area contributed by atoms with Gasteiger partial charge in [0.1, 0.15) is 0 Å². The number of carbonyl (C=O) groups is 2. The van der Waals surface area contributed by atoms with Crippen LogP contribution < -0.4 is 10.2 Å². The lowest BCUT2D eigenvalue weighted by Gasteiger charge is -2.34. The number of carboxylic acids is 1. The van der Waals surface area contributed by atoms with Crippen molar-refractivity contribution in [3.63, 3.8) is 0 Å². The van der Waals surface area contributed by atoms with Crippen molar-refractivity contribution in [1.29, 1.82) is 0 Å². The Hall–Kier alpha value is -1.56. The minimum absolute atomic E-state index is 0.0682. The Bertz CT molecular complexity index is 504. The molecule has 5 nitrogen and oxygen atoms in total. The molecule has 1 amide bonds. The SMILES string of the molecule is CC(CC(=O)O)N1C(=O)CNc2cc(Br)ccc21. The van der Waals surface area contributed by atoms with Crippen LogP contribution in [0.2, 0.25) is 0 Å². The molecular weight excluding hydrogens is 300 g/mol. The van der Waals surface area contributed by atoms with Crippen LogP contribution in [0.15, 0.2) is 22.7 Å². The standard InChI is InChI=1S/C12H13BrN2O3/c1-7(4-12(17)18)15-10-3-2-8(13)5-9(10)14-6-11(15)16/h2-3,5,7,14H,4,6H2,1H3,(H,17,18). The highest BCUT2D eigenvalue weighted by Gasteiger charge is 2.29. The number of hydrogen-bond acceptors (Lipinski definition) is 3. The number of aliphatic carboxylic acids is 1. The van der Waals surface area contributed by atoms with Gasteiger partial charge in [-0.25, -0.2) is 0 Å². The molecule has 96 valence electrons. The predicted molar refractivity (Wildman–Crippen MR) is 71.8 cm³/mol. The first-order valence-electron chi connectivity index (χ1n) is 5.56. The van der Waals surface area contributed by atoms with E-state index in [1.54, 1.807) is 11.8 Å². The Morgan fingerprint density at radius 2 is 2.33 bits per heavy atom. The first-order chi connectivity index (χ1) is 8.49. The Morgan fingerprint density at radius 3 is 3.00 bits per heavy atom. The zero-order valence-electron chi connectivity index (χ0n) is 9.81. The molecule has 1 heterocycles. The first-order valence-corrected chi connectivity index (χ1v) is 6.35. The van der Waals surface area contributed by atoms with Gasteiger partial charge in [0.25, 0.3) is 0 Å². The molecule has 1 atom stereocenters. The average molecular weight is 313 g/mol. The maximum atomic E-state index is 11.9. The summed E-state index contributed by atoms with van der Waals surface area (Å²) in [5.41, 5.74) is 1.56. The van der Waals surface area contributed by atoms with E-state index in [9.17, 15) is 9.59 Å². The topological polar surface area (TPSA) is 69.6 Å². The molecular formula is C12H13BrN2O3. The molecule has 18 heavy (non-hydrogen) atoms. The third kappa shape index (κ3) is 2.48. The molecule has 1 aliphatic rings. The van der Waals surface area contributed by atoms with Gasteiger partial charge in [-0.15, -0.1) is 0 Å². The number of hydrogen-bond donors (Lipinski definition) is 2. The second kappa shape index (κ2) is 4.97. The fraction of sp³-hybridized carbons (Fsp3) is 0.333. The second-order valence-electron chi connectivity index (χ2n) is 4.23. The van der Waals surface area contributed by atoms with Gasteiger partial charge in [-0.1, -0.05) is 15.9 Å². The highest BCUT2D eigenvalue weighted by atomic mass is 79.9. The van der Waals surface area contributed by atoms with Gasteiger partial charge in [0.2, 0.25) is 5.91 Å². The normalized spacial score (nSPS) is 15.9. The monoisotopic (exact) mass is 312 g/mol. The van der Waals surface area contributed by atoms with Crippen molar-refractivity contribution in [3.8, 4) is 0 Å². The minimum atomic E-state index is -0.910. The van der Waals surface area contributed by atoms with Crippen molar-refractivity contribution in [3.05, 3.63) is 22.7 Å². The summed E-state index contributed by atoms with van der Waals surface area (Å²) < 4.78 is 0.911. The highest BCUT2D eigenvalue weighted by Crippen LogP contribution is 2.33. The summed E-state index contributed by atoms with van der Waals surface area (Å²) in [5.74, 6) is -1.02. The maximum absolute atomic E-state index is 11.9. The van der Waals surface area contributed by atoms with E-state index in [0.29, 0.717) is 0 Å². The van der Waals surface area contributed by atoms with Gasteiger partial charge in [0.05, 0.1) is 24.3 Å². The van der Waals surface area contributed by atoms with Gasteiger partial charge in [0.15, 0.2) is 0 Å². The van der Waals surface area contributed by atoms with Crippen LogP contribution in [0.5, 0.6) is 0 Å². The van der Waals surface area contributed by atoms with E-state index >= 15 is 0 Å². The fourth-order valence-corrected chi connectivity index (χ4v) is 2.44. The van der Waals surface area contributed by atoms with Crippen LogP contribution >= 0.6 is 15.9 Å². The van der Waals surface area contributed by atoms with Gasteiger partial charge < -0.3 is 15.3 Å². The van der Waals surface area contributed by atoms with E-state index in [2.05, 4.69) is 21.2 Å². The molecule has 0 saturated carbocycles. The fourth-order valence-electron chi connectivity index (χ4n) is 2.08. The smallest absolute Gasteiger partial charge is 0.305 e. The lowest BCUT2D eigenvalue weighted by atomic mass is 10.1. The number of nitrogens with one attached hydrogen (secondary N) is 1. The predicted octanol–water partition coefficient (Wildman–Crippen LogP) is 2.07. The van der Waals surface area contributed by atoms with Crippen LogP contribution in [0.3, 0.4) is 0 Å². The Kier molecular flexibility index (Phi) is 3.56. The molecule has 1 aliphatic heterocycles. The molecule has 0 spiro atoms. The van der Waals surface area contributed by atoms with Crippen LogP contribution in [0, 0.1) is 0 Å². The van der Waals surface area contributed by atoms with Crippen LogP contribution in [0.25, 0.3) is 0 Å². The van der Waals surface area contributed by atoms with Gasteiger partial charge in [0, 0.05) is 10.5 Å². The summed E-state index contributed by atoms with van der Waals surface area (Å²) in [4.78, 5) is 24.2. The molecule has 6 heteroatoms. The number of rotatable bonds is 3. The van der Waals surface area contributed by atoms with Gasteiger partial charge >= 0.3 is 5.97 Å². The summed E-state index contributed by atoms with van der Waals surface area (Å²) >= 11 is 3.37. The number of carboxylic acid groups (broad SMARTS) is 1. The molecule has 1 aromatic rings. The molecule has 0 bridgehead atoms. The Morgan fingerprint density at radius 1 is 1.61 bits per heavy atom. The molecule has 0 saturated heterocycles. The average Bonchev–Trinajstić information content (AvgIpc) is 2.28. The minimum Gasteiger partial charge on any atom is -0.481 e. The summed E-state index contributed by atoms with van der Waals surface area (Å²) in [6, 6.07) is 5.15. The Labute approximate surface area is 113 Å². The number of carbonyl (C=O) groups excluding carboxylic acids is 1. The van der Waals surface area contributed by atoms with Crippen LogP contribution in [0.1, 0.15) is 13.3 Å². The lowest BCUT2D eigenvalue weighted by Crippen LogP contribution is -2.46. The lowest BCUT2D eigenvalue weighted by molar-refractivity contribution is -0.137. The highest BCUT2D eigenvalue weighted by molar-refractivity contribution is 9.10. The van der Waals surface area contributed by atoms with Gasteiger partial charge in [-0.2, -0.15) is 0 Å². The van der Waals surface area contributed by atoms with Crippen LogP contribution in [-0.4, -0.2) is 29.6 Å². The molecule has 1 unspecified atom stereocenters. The third-order valence-corrected chi connectivity index (χ3v) is 3.32. The summed E-state index contributed by atoms with van der Waals surface area (Å²) in [6.07, 6.45) is -0.0682. The number of anilines is 2. The Balaban J connectivity index is 2.35. The maximum Gasteiger partial charge on any atom is 0.305 e. The number of halogens is 1. The van der Waals surface area contributed by atoms with Crippen LogP contribution in [-0.2, 0) is 9.59 Å². The number of benzene rings is 1. The summed E-state index contributed by atoms with van der Waals surface area (Å²) in [7, 11) is 0. The summed E-state index contributed by atoms with van der Waals surface area (Å²) in [5, 5.41) is 11.9. The van der Waals surface area contributed by atoms with Crippen molar-refractivity contribution in [1.82, 2.24) is 0 Å². The molecule has 0 aromatic heterocycles. The molecule has 2 rings (SSSR count). The molecule has 0 radical (unpaired) electrons. The molecule has 1 aromatic carbocycles. The van der Waals surface area contributed by atoms with E-state index < -0.39 is 5.97 Å². The quantitative estimate of drug-likeness (QED) is 0.896. The van der Waals surface area contributed by atoms with E-state index in [0.717, 1.165) is 15.8 Å². The largest absolute Gasteiger partial charge is 0.481 e. The van der Waals surface area contributed by atoms with E-state index in [4.69, 9.17) is 5.11 Å². The zero-order valence-corrected chi connectivity index (χ0v) is 11.4. The van der Waals surface area contributed by atoms with Crippen LogP contribution in [0.4, 0.5) is 11.4 Å². The third-order valence-electron chi connectivity index (χ3n) is 2.83. The number of fused-ring (bicyclic) bond motifs is 1. The first kappa shape index (κ1) is 12.9. The van der Waals surface area contributed by atoms with Crippen molar-refractivity contribution in [2.45, 2.75) is 19.4 Å². The van der Waals surface area contributed by atoms with E-state index in [1.165, 1.54) is 0 Å². The van der Waals surface area contributed by atoms with E-state index in [1.807, 2.05) is 18.2 Å². The van der Waals surface area contributed by atoms with Gasteiger partial charge in [-0.3, -0.25) is 9.59 Å². The van der Waals surface area contributed by atoms with Crippen molar-refractivity contribution in [2.75, 3.05) is 16.8 Å². The zero-order chi connectivity index (χ0) is 13.3. The van der Waals surface area contributed by atoms with Crippen molar-refractivity contribution in [2.24, 2.45) is 0 Å². The number of amides is 1. The molecule has 2 N–H and O–H groups in total. The number of nitrogens with zero attached hydrogens (tertiary/aromatic N) is 1. The van der Waals surface area contributed by atoms with Gasteiger partial charge in [-0.05, 0) is 25.1 Å². The van der Waals surface area contributed by atoms with E-state index in [-0.39, 0.29) is 24.9 Å². The second-order valence-corrected chi connectivity index (χ2v) is 5.14. The van der Waals surface area contributed by atoms with Crippen molar-refractivity contribution >= 4 is 39.2 Å². The van der Waals surface area contributed by atoms with Crippen molar-refractivity contribution < 1.29 is 14.7 Å². The molecule has 0 fully saturated rings. The summed E-state index contributed by atoms with van der Waals surface area (Å²) in [6.45, 7) is 1.93.